The molecular weight excluding hydrogens is 152 g/mol. The first-order chi connectivity index (χ1) is 5.33. The van der Waals surface area contributed by atoms with Gasteiger partial charge >= 0.3 is 0 Å². The largest absolute Gasteiger partial charge is 0.420 e. The zero-order chi connectivity index (χ0) is 8.10. The Hall–Kier alpha value is -0.603. The maximum Gasteiger partial charge on any atom is 0.212 e. The predicted molar refractivity (Wildman–Crippen MR) is 48.8 cm³/mol. The lowest BCUT2D eigenvalue weighted by Crippen LogP contribution is -2.14. The van der Waals surface area contributed by atoms with E-state index in [1.54, 1.807) is 7.11 Å². The van der Waals surface area contributed by atoms with Crippen molar-refractivity contribution in [3.8, 4) is 0 Å². The van der Waals surface area contributed by atoms with Crippen molar-refractivity contribution < 1.29 is 4.43 Å². The van der Waals surface area contributed by atoms with Crippen molar-refractivity contribution in [1.82, 2.24) is 0 Å². The van der Waals surface area contributed by atoms with E-state index in [4.69, 9.17) is 4.43 Å². The molecule has 1 rings (SSSR count). The van der Waals surface area contributed by atoms with Crippen molar-refractivity contribution in [2.45, 2.75) is 12.6 Å². The highest BCUT2D eigenvalue weighted by Crippen LogP contribution is 2.01. The van der Waals surface area contributed by atoms with Crippen LogP contribution in [0.25, 0.3) is 0 Å². The van der Waals surface area contributed by atoms with Crippen LogP contribution in [0.3, 0.4) is 0 Å². The van der Waals surface area contributed by atoms with E-state index in [1.807, 2.05) is 6.07 Å². The fourth-order valence-corrected chi connectivity index (χ4v) is 1.91. The SMILES string of the molecule is CO[Si](C)Cc1ccccc1. The minimum absolute atomic E-state index is 0.581. The molecule has 0 fully saturated rings. The van der Waals surface area contributed by atoms with E-state index in [0.717, 1.165) is 6.04 Å². The molecule has 0 spiro atoms. The Bertz CT molecular complexity index is 198. The zero-order valence-electron chi connectivity index (χ0n) is 7.00. The summed E-state index contributed by atoms with van der Waals surface area (Å²) in [7, 11) is 1.21. The highest BCUT2D eigenvalue weighted by atomic mass is 28.3. The van der Waals surface area contributed by atoms with Crippen molar-refractivity contribution in [1.29, 1.82) is 0 Å². The van der Waals surface area contributed by atoms with Gasteiger partial charge in [0.15, 0.2) is 0 Å². The van der Waals surface area contributed by atoms with Gasteiger partial charge in [0.25, 0.3) is 0 Å². The Morgan fingerprint density at radius 1 is 1.27 bits per heavy atom. The summed E-state index contributed by atoms with van der Waals surface area (Å²) in [5.74, 6) is 0. The number of benzene rings is 1. The minimum atomic E-state index is -0.581. The molecule has 1 radical (unpaired) electrons. The fourth-order valence-electron chi connectivity index (χ4n) is 0.955. The topological polar surface area (TPSA) is 9.23 Å². The Morgan fingerprint density at radius 2 is 1.91 bits per heavy atom. The maximum absolute atomic E-state index is 5.26. The smallest absolute Gasteiger partial charge is 0.212 e. The Kier molecular flexibility index (Phi) is 3.33. The third kappa shape index (κ3) is 2.86. The lowest BCUT2D eigenvalue weighted by atomic mass is 10.2. The van der Waals surface area contributed by atoms with E-state index in [2.05, 4.69) is 30.8 Å². The van der Waals surface area contributed by atoms with E-state index in [0.29, 0.717) is 0 Å². The Labute approximate surface area is 69.7 Å². The molecule has 0 atom stereocenters. The lowest BCUT2D eigenvalue weighted by molar-refractivity contribution is 0.423. The van der Waals surface area contributed by atoms with E-state index < -0.39 is 9.04 Å². The molecule has 0 aliphatic rings. The summed E-state index contributed by atoms with van der Waals surface area (Å²) in [5.41, 5.74) is 1.38. The molecule has 0 saturated carbocycles. The summed E-state index contributed by atoms with van der Waals surface area (Å²) < 4.78 is 5.26. The molecule has 0 unspecified atom stereocenters. The molecule has 1 aromatic carbocycles. The second-order valence-corrected chi connectivity index (χ2v) is 4.73. The van der Waals surface area contributed by atoms with Crippen LogP contribution in [-0.4, -0.2) is 16.2 Å². The minimum Gasteiger partial charge on any atom is -0.420 e. The van der Waals surface area contributed by atoms with Gasteiger partial charge in [-0.25, -0.2) is 0 Å². The summed E-state index contributed by atoms with van der Waals surface area (Å²) in [6, 6.07) is 11.6. The standard InChI is InChI=1S/C9H13OSi/c1-10-11(2)8-9-6-4-3-5-7-9/h3-7H,8H2,1-2H3. The summed E-state index contributed by atoms with van der Waals surface area (Å²) in [4.78, 5) is 0. The van der Waals surface area contributed by atoms with Gasteiger partial charge in [-0.1, -0.05) is 30.3 Å². The summed E-state index contributed by atoms with van der Waals surface area (Å²) in [6.07, 6.45) is 0. The van der Waals surface area contributed by atoms with E-state index >= 15 is 0 Å². The van der Waals surface area contributed by atoms with E-state index in [1.165, 1.54) is 5.56 Å². The van der Waals surface area contributed by atoms with E-state index in [-0.39, 0.29) is 0 Å². The molecule has 59 valence electrons. The zero-order valence-corrected chi connectivity index (χ0v) is 8.00. The van der Waals surface area contributed by atoms with Gasteiger partial charge in [-0.2, -0.15) is 0 Å². The normalized spacial score (nSPS) is 10.5. The number of hydrogen-bond donors (Lipinski definition) is 0. The Balaban J connectivity index is 2.51. The van der Waals surface area contributed by atoms with Gasteiger partial charge in [0, 0.05) is 7.11 Å². The van der Waals surface area contributed by atoms with Gasteiger partial charge in [0.1, 0.15) is 0 Å². The molecule has 0 N–H and O–H groups in total. The predicted octanol–water partition coefficient (Wildman–Crippen LogP) is 2.04. The van der Waals surface area contributed by atoms with Gasteiger partial charge in [0.05, 0.1) is 0 Å². The highest BCUT2D eigenvalue weighted by Gasteiger charge is 2.03. The van der Waals surface area contributed by atoms with Crippen LogP contribution in [0.1, 0.15) is 5.56 Å². The monoisotopic (exact) mass is 165 g/mol. The van der Waals surface area contributed by atoms with Crippen LogP contribution in [0.5, 0.6) is 0 Å². The van der Waals surface area contributed by atoms with Crippen molar-refractivity contribution in [2.24, 2.45) is 0 Å². The first-order valence-corrected chi connectivity index (χ1v) is 5.85. The molecule has 0 saturated heterocycles. The molecule has 0 amide bonds. The molecule has 0 bridgehead atoms. The van der Waals surface area contributed by atoms with Crippen LogP contribution in [0.2, 0.25) is 6.55 Å². The molecular formula is C9H13OSi. The molecule has 2 heteroatoms. The first kappa shape index (κ1) is 8.49. The third-order valence-electron chi connectivity index (χ3n) is 1.64. The molecule has 0 aliphatic heterocycles. The van der Waals surface area contributed by atoms with Gasteiger partial charge in [-0.3, -0.25) is 0 Å². The quantitative estimate of drug-likeness (QED) is 0.623. The fraction of sp³-hybridized carbons (Fsp3) is 0.333. The third-order valence-corrected chi connectivity index (χ3v) is 3.25. The summed E-state index contributed by atoms with van der Waals surface area (Å²) in [6.45, 7) is 2.18. The van der Waals surface area contributed by atoms with Gasteiger partial charge in [-0.05, 0) is 18.2 Å². The summed E-state index contributed by atoms with van der Waals surface area (Å²) >= 11 is 0. The van der Waals surface area contributed by atoms with Crippen LogP contribution >= 0.6 is 0 Å². The number of rotatable bonds is 3. The number of hydrogen-bond acceptors (Lipinski definition) is 1. The molecule has 1 aromatic rings. The molecule has 0 heterocycles. The lowest BCUT2D eigenvalue weighted by Gasteiger charge is -2.05. The second kappa shape index (κ2) is 4.31. The van der Waals surface area contributed by atoms with Crippen molar-refractivity contribution >= 4 is 9.04 Å². The second-order valence-electron chi connectivity index (χ2n) is 2.57. The maximum atomic E-state index is 5.26. The van der Waals surface area contributed by atoms with Crippen LogP contribution in [0, 0.1) is 0 Å². The molecule has 11 heavy (non-hydrogen) atoms. The summed E-state index contributed by atoms with van der Waals surface area (Å²) in [5, 5.41) is 0. The Morgan fingerprint density at radius 3 is 2.45 bits per heavy atom. The average molecular weight is 165 g/mol. The van der Waals surface area contributed by atoms with Crippen molar-refractivity contribution in [3.63, 3.8) is 0 Å². The van der Waals surface area contributed by atoms with Gasteiger partial charge in [0.2, 0.25) is 9.04 Å². The van der Waals surface area contributed by atoms with Crippen molar-refractivity contribution in [3.05, 3.63) is 35.9 Å². The van der Waals surface area contributed by atoms with Gasteiger partial charge < -0.3 is 4.43 Å². The molecule has 0 aliphatic carbocycles. The molecule has 1 nitrogen and oxygen atoms in total. The average Bonchev–Trinajstić information content (AvgIpc) is 2.06. The van der Waals surface area contributed by atoms with Crippen LogP contribution in [0.4, 0.5) is 0 Å². The van der Waals surface area contributed by atoms with Crippen LogP contribution < -0.4 is 0 Å². The van der Waals surface area contributed by atoms with Crippen LogP contribution in [0.15, 0.2) is 30.3 Å². The van der Waals surface area contributed by atoms with Crippen LogP contribution in [-0.2, 0) is 10.5 Å². The molecule has 0 aromatic heterocycles. The van der Waals surface area contributed by atoms with Gasteiger partial charge in [-0.15, -0.1) is 0 Å². The highest BCUT2D eigenvalue weighted by molar-refractivity contribution is 6.49. The van der Waals surface area contributed by atoms with Crippen molar-refractivity contribution in [2.75, 3.05) is 7.11 Å². The van der Waals surface area contributed by atoms with E-state index in [9.17, 15) is 0 Å². The first-order valence-electron chi connectivity index (χ1n) is 3.73.